The highest BCUT2D eigenvalue weighted by Gasteiger charge is 2.31. The lowest BCUT2D eigenvalue weighted by atomic mass is 10.2. The molecule has 1 aromatic carbocycles. The second-order valence-electron chi connectivity index (χ2n) is 6.17. The molecule has 2 aliphatic rings. The zero-order chi connectivity index (χ0) is 15.0. The van der Waals surface area contributed by atoms with Crippen molar-refractivity contribution in [2.45, 2.75) is 43.7 Å². The summed E-state index contributed by atoms with van der Waals surface area (Å²) < 4.78 is 40.5. The molecule has 1 heterocycles. The van der Waals surface area contributed by atoms with Crippen molar-refractivity contribution in [2.75, 3.05) is 13.1 Å². The highest BCUT2D eigenvalue weighted by molar-refractivity contribution is 7.89. The molecule has 1 unspecified atom stereocenters. The Morgan fingerprint density at radius 2 is 2.10 bits per heavy atom. The predicted octanol–water partition coefficient (Wildman–Crippen LogP) is 2.11. The number of hydrogen-bond donors (Lipinski definition) is 1. The number of hydrogen-bond acceptors (Lipinski definition) is 3. The van der Waals surface area contributed by atoms with Crippen molar-refractivity contribution < 1.29 is 12.8 Å². The predicted molar refractivity (Wildman–Crippen MR) is 78.8 cm³/mol. The molecule has 0 aromatic heterocycles. The third-order valence-electron chi connectivity index (χ3n) is 4.20. The molecular weight excluding hydrogens is 291 g/mol. The van der Waals surface area contributed by atoms with E-state index in [0.29, 0.717) is 37.2 Å². The number of nitrogens with zero attached hydrogens (tertiary/aromatic N) is 1. The van der Waals surface area contributed by atoms with Crippen LogP contribution in [0.25, 0.3) is 0 Å². The lowest BCUT2D eigenvalue weighted by Gasteiger charge is -2.17. The quantitative estimate of drug-likeness (QED) is 0.906. The first-order valence-electron chi connectivity index (χ1n) is 7.49. The van der Waals surface area contributed by atoms with Crippen molar-refractivity contribution in [1.29, 1.82) is 0 Å². The molecule has 0 spiro atoms. The Balaban J connectivity index is 1.81. The van der Waals surface area contributed by atoms with Crippen LogP contribution >= 0.6 is 0 Å². The first kappa shape index (κ1) is 14.9. The topological polar surface area (TPSA) is 49.4 Å². The Morgan fingerprint density at radius 1 is 1.33 bits per heavy atom. The van der Waals surface area contributed by atoms with Gasteiger partial charge in [0.25, 0.3) is 0 Å². The highest BCUT2D eigenvalue weighted by Crippen LogP contribution is 2.26. The standard InChI is InChI=1S/C15H21FN2O2S/c1-11-6-7-18(10-11)21(19,20)14-4-5-15(16)12(8-14)9-17-13-2-3-13/h4-5,8,11,13,17H,2-3,6-7,9-10H2,1H3. The van der Waals surface area contributed by atoms with E-state index in [1.165, 1.54) is 22.5 Å². The summed E-state index contributed by atoms with van der Waals surface area (Å²) in [7, 11) is -3.49. The first-order valence-corrected chi connectivity index (χ1v) is 8.93. The summed E-state index contributed by atoms with van der Waals surface area (Å²) in [4.78, 5) is 0.200. The molecule has 6 heteroatoms. The molecular formula is C15H21FN2O2S. The van der Waals surface area contributed by atoms with Crippen molar-refractivity contribution in [3.8, 4) is 0 Å². The van der Waals surface area contributed by atoms with Crippen LogP contribution in [-0.4, -0.2) is 31.9 Å². The van der Waals surface area contributed by atoms with Gasteiger partial charge in [0, 0.05) is 31.2 Å². The van der Waals surface area contributed by atoms with Crippen molar-refractivity contribution in [3.05, 3.63) is 29.6 Å². The minimum atomic E-state index is -3.49. The SMILES string of the molecule is CC1CCN(S(=O)(=O)c2ccc(F)c(CNC3CC3)c2)C1. The van der Waals surface area contributed by atoms with Gasteiger partial charge in [-0.25, -0.2) is 12.8 Å². The van der Waals surface area contributed by atoms with Crippen LogP contribution < -0.4 is 5.32 Å². The first-order chi connectivity index (χ1) is 9.96. The van der Waals surface area contributed by atoms with Gasteiger partial charge in [-0.3, -0.25) is 0 Å². The van der Waals surface area contributed by atoms with Gasteiger partial charge in [0.05, 0.1) is 4.90 Å². The van der Waals surface area contributed by atoms with E-state index in [4.69, 9.17) is 0 Å². The molecule has 1 saturated carbocycles. The highest BCUT2D eigenvalue weighted by atomic mass is 32.2. The van der Waals surface area contributed by atoms with E-state index in [2.05, 4.69) is 5.32 Å². The Morgan fingerprint density at radius 3 is 2.71 bits per heavy atom. The number of rotatable bonds is 5. The van der Waals surface area contributed by atoms with E-state index in [-0.39, 0.29) is 10.7 Å². The van der Waals surface area contributed by atoms with Crippen LogP contribution in [0.3, 0.4) is 0 Å². The summed E-state index contributed by atoms with van der Waals surface area (Å²) in [5.41, 5.74) is 0.426. The summed E-state index contributed by atoms with van der Waals surface area (Å²) in [5, 5.41) is 3.22. The second kappa shape index (κ2) is 5.66. The zero-order valence-corrected chi connectivity index (χ0v) is 13.0. The molecule has 1 aliphatic carbocycles. The average molecular weight is 312 g/mol. The maximum Gasteiger partial charge on any atom is 0.243 e. The number of halogens is 1. The summed E-state index contributed by atoms with van der Waals surface area (Å²) in [6.07, 6.45) is 3.12. The van der Waals surface area contributed by atoms with Gasteiger partial charge >= 0.3 is 0 Å². The van der Waals surface area contributed by atoms with Gasteiger partial charge in [-0.1, -0.05) is 6.92 Å². The van der Waals surface area contributed by atoms with Crippen LogP contribution in [0.1, 0.15) is 31.7 Å². The minimum absolute atomic E-state index is 0.200. The molecule has 0 radical (unpaired) electrons. The zero-order valence-electron chi connectivity index (χ0n) is 12.2. The van der Waals surface area contributed by atoms with Crippen LogP contribution in [0, 0.1) is 11.7 Å². The Kier molecular flexibility index (Phi) is 4.03. The van der Waals surface area contributed by atoms with Crippen molar-refractivity contribution in [3.63, 3.8) is 0 Å². The second-order valence-corrected chi connectivity index (χ2v) is 8.10. The molecule has 21 heavy (non-hydrogen) atoms. The van der Waals surface area contributed by atoms with Crippen LogP contribution in [-0.2, 0) is 16.6 Å². The third kappa shape index (κ3) is 3.27. The van der Waals surface area contributed by atoms with Crippen LogP contribution in [0.15, 0.2) is 23.1 Å². The van der Waals surface area contributed by atoms with Crippen LogP contribution in [0.5, 0.6) is 0 Å². The molecule has 3 rings (SSSR count). The van der Waals surface area contributed by atoms with E-state index in [1.807, 2.05) is 6.92 Å². The normalized spacial score (nSPS) is 23.6. The summed E-state index contributed by atoms with van der Waals surface area (Å²) in [5.74, 6) is 0.0353. The average Bonchev–Trinajstić information content (AvgIpc) is 3.17. The van der Waals surface area contributed by atoms with Gasteiger partial charge in [-0.2, -0.15) is 4.31 Å². The largest absolute Gasteiger partial charge is 0.310 e. The van der Waals surface area contributed by atoms with E-state index in [1.54, 1.807) is 0 Å². The Bertz CT molecular complexity index is 629. The minimum Gasteiger partial charge on any atom is -0.310 e. The van der Waals surface area contributed by atoms with Gasteiger partial charge in [0.2, 0.25) is 10.0 Å². The van der Waals surface area contributed by atoms with E-state index in [0.717, 1.165) is 19.3 Å². The van der Waals surface area contributed by atoms with Crippen molar-refractivity contribution in [1.82, 2.24) is 9.62 Å². The summed E-state index contributed by atoms with van der Waals surface area (Å²) in [6, 6.07) is 4.57. The fraction of sp³-hybridized carbons (Fsp3) is 0.600. The Labute approximate surface area is 125 Å². The molecule has 4 nitrogen and oxygen atoms in total. The molecule has 116 valence electrons. The monoisotopic (exact) mass is 312 g/mol. The van der Waals surface area contributed by atoms with E-state index >= 15 is 0 Å². The summed E-state index contributed by atoms with van der Waals surface area (Å²) in [6.45, 7) is 3.54. The van der Waals surface area contributed by atoms with Crippen LogP contribution in [0.2, 0.25) is 0 Å². The van der Waals surface area contributed by atoms with Gasteiger partial charge in [-0.05, 0) is 43.4 Å². The van der Waals surface area contributed by atoms with Gasteiger partial charge in [-0.15, -0.1) is 0 Å². The maximum absolute atomic E-state index is 13.8. The Hall–Kier alpha value is -0.980. The molecule has 1 N–H and O–H groups in total. The smallest absolute Gasteiger partial charge is 0.243 e. The fourth-order valence-electron chi connectivity index (χ4n) is 2.65. The van der Waals surface area contributed by atoms with E-state index in [9.17, 15) is 12.8 Å². The van der Waals surface area contributed by atoms with E-state index < -0.39 is 10.0 Å². The maximum atomic E-state index is 13.8. The fourth-order valence-corrected chi connectivity index (χ4v) is 4.28. The third-order valence-corrected chi connectivity index (χ3v) is 6.06. The van der Waals surface area contributed by atoms with Gasteiger partial charge in [0.15, 0.2) is 0 Å². The molecule has 1 aromatic rings. The van der Waals surface area contributed by atoms with Crippen molar-refractivity contribution >= 4 is 10.0 Å². The van der Waals surface area contributed by atoms with Gasteiger partial charge in [0.1, 0.15) is 5.82 Å². The molecule has 0 bridgehead atoms. The lowest BCUT2D eigenvalue weighted by Crippen LogP contribution is -2.29. The van der Waals surface area contributed by atoms with Crippen LogP contribution in [0.4, 0.5) is 4.39 Å². The number of sulfonamides is 1. The van der Waals surface area contributed by atoms with Crippen molar-refractivity contribution in [2.24, 2.45) is 5.92 Å². The summed E-state index contributed by atoms with van der Waals surface area (Å²) >= 11 is 0. The van der Waals surface area contributed by atoms with Gasteiger partial charge < -0.3 is 5.32 Å². The number of benzene rings is 1. The molecule has 1 atom stereocenters. The molecule has 1 aliphatic heterocycles. The lowest BCUT2D eigenvalue weighted by molar-refractivity contribution is 0.464. The molecule has 2 fully saturated rings. The molecule has 0 amide bonds. The molecule has 1 saturated heterocycles. The number of nitrogens with one attached hydrogen (secondary N) is 1.